The summed E-state index contributed by atoms with van der Waals surface area (Å²) in [5, 5.41) is 0.469. The topological polar surface area (TPSA) is 17.1 Å². The first-order chi connectivity index (χ1) is 8.16. The summed E-state index contributed by atoms with van der Waals surface area (Å²) in [5.74, 6) is 0.578. The van der Waals surface area contributed by atoms with Crippen molar-refractivity contribution in [3.8, 4) is 0 Å². The average Bonchev–Trinajstić information content (AvgIpc) is 3.14. The van der Waals surface area contributed by atoms with Crippen LogP contribution in [0.2, 0.25) is 0 Å². The Hall–Kier alpha value is -0.470. The fourth-order valence-corrected chi connectivity index (χ4v) is 3.69. The van der Waals surface area contributed by atoms with Crippen LogP contribution in [0.1, 0.15) is 53.1 Å². The van der Waals surface area contributed by atoms with Crippen molar-refractivity contribution < 1.29 is 4.79 Å². The van der Waals surface area contributed by atoms with E-state index in [1.807, 2.05) is 23.9 Å². The molecular formula is C14H15ClOS. The Labute approximate surface area is 111 Å². The molecule has 1 aromatic carbocycles. The smallest absolute Gasteiger partial charge is 0.252 e. The van der Waals surface area contributed by atoms with Gasteiger partial charge in [-0.1, -0.05) is 6.07 Å². The van der Waals surface area contributed by atoms with Crippen molar-refractivity contribution in [3.63, 3.8) is 0 Å². The number of hydrogen-bond acceptors (Lipinski definition) is 2. The highest BCUT2D eigenvalue weighted by Gasteiger charge is 2.33. The number of benzene rings is 1. The zero-order valence-electron chi connectivity index (χ0n) is 9.83. The van der Waals surface area contributed by atoms with Crippen LogP contribution in [-0.2, 0) is 0 Å². The quantitative estimate of drug-likeness (QED) is 0.746. The van der Waals surface area contributed by atoms with Gasteiger partial charge in [-0.2, -0.15) is 0 Å². The molecule has 0 atom stereocenters. The van der Waals surface area contributed by atoms with Gasteiger partial charge in [0.15, 0.2) is 0 Å². The molecule has 0 N–H and O–H groups in total. The van der Waals surface area contributed by atoms with Crippen molar-refractivity contribution in [1.29, 1.82) is 0 Å². The fourth-order valence-electron chi connectivity index (χ4n) is 2.17. The molecule has 17 heavy (non-hydrogen) atoms. The number of thioether (sulfide) groups is 1. The van der Waals surface area contributed by atoms with Crippen molar-refractivity contribution in [1.82, 2.24) is 0 Å². The molecule has 0 radical (unpaired) electrons. The summed E-state index contributed by atoms with van der Waals surface area (Å²) in [5.41, 5.74) is 3.27. The van der Waals surface area contributed by atoms with Gasteiger partial charge in [-0.05, 0) is 67.3 Å². The van der Waals surface area contributed by atoms with Crippen LogP contribution < -0.4 is 0 Å². The van der Waals surface area contributed by atoms with Crippen molar-refractivity contribution in [2.45, 2.75) is 48.7 Å². The number of carbonyl (C=O) groups is 1. The second-order valence-corrected chi connectivity index (χ2v) is 6.69. The molecule has 0 bridgehead atoms. The lowest BCUT2D eigenvalue weighted by Crippen LogP contribution is -2.01. The van der Waals surface area contributed by atoms with Crippen LogP contribution in [0.25, 0.3) is 0 Å². The summed E-state index contributed by atoms with van der Waals surface area (Å²) in [6.07, 6.45) is 5.04. The Morgan fingerprint density at radius 1 is 1.29 bits per heavy atom. The van der Waals surface area contributed by atoms with E-state index in [1.54, 1.807) is 0 Å². The molecule has 90 valence electrons. The predicted octanol–water partition coefficient (Wildman–Crippen LogP) is 4.51. The second kappa shape index (κ2) is 4.33. The fraction of sp³-hybridized carbons (Fsp3) is 0.500. The number of aryl methyl sites for hydroxylation is 1. The average molecular weight is 267 g/mol. The van der Waals surface area contributed by atoms with Gasteiger partial charge in [0, 0.05) is 15.7 Å². The molecule has 2 fully saturated rings. The molecular weight excluding hydrogens is 252 g/mol. The van der Waals surface area contributed by atoms with Crippen molar-refractivity contribution in [2.24, 2.45) is 0 Å². The zero-order chi connectivity index (χ0) is 12.0. The minimum atomic E-state index is -0.301. The van der Waals surface area contributed by atoms with Crippen LogP contribution in [0.3, 0.4) is 0 Å². The minimum Gasteiger partial charge on any atom is -0.276 e. The molecule has 0 saturated heterocycles. The van der Waals surface area contributed by atoms with Crippen molar-refractivity contribution in [3.05, 3.63) is 28.8 Å². The van der Waals surface area contributed by atoms with Gasteiger partial charge >= 0.3 is 0 Å². The van der Waals surface area contributed by atoms with E-state index in [2.05, 4.69) is 6.92 Å². The normalized spacial score (nSPS) is 19.4. The highest BCUT2D eigenvalue weighted by molar-refractivity contribution is 8.00. The molecule has 0 heterocycles. The lowest BCUT2D eigenvalue weighted by Gasteiger charge is -2.14. The van der Waals surface area contributed by atoms with Crippen LogP contribution in [-0.4, -0.2) is 10.5 Å². The minimum absolute atomic E-state index is 0.301. The maximum atomic E-state index is 11.5. The Morgan fingerprint density at radius 2 is 2.00 bits per heavy atom. The number of halogens is 1. The summed E-state index contributed by atoms with van der Waals surface area (Å²) in [6.45, 7) is 2.14. The van der Waals surface area contributed by atoms with E-state index in [0.717, 1.165) is 10.8 Å². The van der Waals surface area contributed by atoms with Crippen LogP contribution in [0, 0.1) is 6.92 Å². The second-order valence-electron chi connectivity index (χ2n) is 5.04. The molecule has 0 aromatic heterocycles. The lowest BCUT2D eigenvalue weighted by atomic mass is 10.0. The largest absolute Gasteiger partial charge is 0.276 e. The first kappa shape index (κ1) is 11.6. The van der Waals surface area contributed by atoms with E-state index >= 15 is 0 Å². The molecule has 0 spiro atoms. The third-order valence-corrected chi connectivity index (χ3v) is 5.19. The standard InChI is InChI=1S/C14H15ClOS/c1-8-2-7-11(14(15)16)12(9-3-4-9)13(8)17-10-5-6-10/h2,7,9-10H,3-6H2,1H3. The van der Waals surface area contributed by atoms with E-state index in [1.165, 1.54) is 41.7 Å². The third kappa shape index (κ3) is 2.38. The molecule has 2 saturated carbocycles. The maximum Gasteiger partial charge on any atom is 0.252 e. The van der Waals surface area contributed by atoms with E-state index in [-0.39, 0.29) is 5.24 Å². The maximum absolute atomic E-state index is 11.5. The van der Waals surface area contributed by atoms with Gasteiger partial charge in [0.2, 0.25) is 0 Å². The zero-order valence-corrected chi connectivity index (χ0v) is 11.4. The van der Waals surface area contributed by atoms with E-state index in [4.69, 9.17) is 11.6 Å². The van der Waals surface area contributed by atoms with Crippen LogP contribution in [0.15, 0.2) is 17.0 Å². The highest BCUT2D eigenvalue weighted by Crippen LogP contribution is 2.50. The summed E-state index contributed by atoms with van der Waals surface area (Å²) in [7, 11) is 0. The van der Waals surface area contributed by atoms with Gasteiger partial charge < -0.3 is 0 Å². The summed E-state index contributed by atoms with van der Waals surface area (Å²) in [4.78, 5) is 12.9. The molecule has 1 nitrogen and oxygen atoms in total. The Kier molecular flexibility index (Phi) is 2.95. The lowest BCUT2D eigenvalue weighted by molar-refractivity contribution is 0.108. The highest BCUT2D eigenvalue weighted by atomic mass is 35.5. The molecule has 1 aromatic rings. The number of hydrogen-bond donors (Lipinski definition) is 0. The van der Waals surface area contributed by atoms with Gasteiger partial charge in [0.05, 0.1) is 0 Å². The van der Waals surface area contributed by atoms with E-state index < -0.39 is 0 Å². The van der Waals surface area contributed by atoms with E-state index in [9.17, 15) is 4.79 Å². The molecule has 0 amide bonds. The van der Waals surface area contributed by atoms with Crippen LogP contribution in [0.4, 0.5) is 0 Å². The van der Waals surface area contributed by atoms with Crippen molar-refractivity contribution in [2.75, 3.05) is 0 Å². The molecule has 2 aliphatic rings. The monoisotopic (exact) mass is 266 g/mol. The third-order valence-electron chi connectivity index (χ3n) is 3.40. The van der Waals surface area contributed by atoms with Crippen molar-refractivity contribution >= 4 is 28.6 Å². The van der Waals surface area contributed by atoms with Gasteiger partial charge in [0.25, 0.3) is 5.24 Å². The van der Waals surface area contributed by atoms with E-state index in [0.29, 0.717) is 5.92 Å². The number of rotatable bonds is 4. The summed E-state index contributed by atoms with van der Waals surface area (Å²) in [6, 6.07) is 3.93. The Morgan fingerprint density at radius 3 is 2.53 bits per heavy atom. The summed E-state index contributed by atoms with van der Waals surface area (Å²) < 4.78 is 0. The molecule has 0 aliphatic heterocycles. The Bertz CT molecular complexity index is 475. The SMILES string of the molecule is Cc1ccc(C(=O)Cl)c(C2CC2)c1SC1CC1. The van der Waals surface area contributed by atoms with Gasteiger partial charge in [-0.25, -0.2) is 0 Å². The first-order valence-corrected chi connectivity index (χ1v) is 7.42. The first-order valence-electron chi connectivity index (χ1n) is 6.17. The molecule has 3 rings (SSSR count). The van der Waals surface area contributed by atoms with Crippen LogP contribution >= 0.6 is 23.4 Å². The summed E-state index contributed by atoms with van der Waals surface area (Å²) >= 11 is 7.66. The molecule has 3 heteroatoms. The molecule has 0 unspecified atom stereocenters. The molecule has 2 aliphatic carbocycles. The number of carbonyl (C=O) groups excluding carboxylic acids is 1. The Balaban J connectivity index is 2.07. The van der Waals surface area contributed by atoms with Gasteiger partial charge in [-0.15, -0.1) is 11.8 Å². The van der Waals surface area contributed by atoms with Crippen LogP contribution in [0.5, 0.6) is 0 Å². The van der Waals surface area contributed by atoms with Gasteiger partial charge in [0.1, 0.15) is 0 Å². The predicted molar refractivity (Wildman–Crippen MR) is 72.2 cm³/mol. The van der Waals surface area contributed by atoms with Gasteiger partial charge in [-0.3, -0.25) is 4.79 Å².